The van der Waals surface area contributed by atoms with E-state index in [9.17, 15) is 22.4 Å². The van der Waals surface area contributed by atoms with Crippen LogP contribution in [0.1, 0.15) is 20.8 Å². The van der Waals surface area contributed by atoms with Gasteiger partial charge in [0.1, 0.15) is 29.3 Å². The lowest BCUT2D eigenvalue weighted by Gasteiger charge is -2.39. The minimum absolute atomic E-state index is 0. The number of carbonyl (C=O) groups excluding carboxylic acids is 1. The van der Waals surface area contributed by atoms with Crippen LogP contribution in [0, 0.1) is 23.3 Å². The maximum Gasteiger partial charge on any atom is 0.410 e. The monoisotopic (exact) mass is 506 g/mol. The van der Waals surface area contributed by atoms with Gasteiger partial charge in [0.15, 0.2) is 23.3 Å². The van der Waals surface area contributed by atoms with Crippen LogP contribution in [0.25, 0.3) is 0 Å². The van der Waals surface area contributed by atoms with Crippen molar-refractivity contribution in [3.8, 4) is 11.5 Å². The second-order valence-electron chi connectivity index (χ2n) is 8.68. The Morgan fingerprint density at radius 3 is 1.71 bits per heavy atom. The van der Waals surface area contributed by atoms with Crippen molar-refractivity contribution in [1.82, 2.24) is 10.2 Å². The minimum Gasteiger partial charge on any atom is -0.488 e. The Morgan fingerprint density at radius 1 is 0.853 bits per heavy atom. The van der Waals surface area contributed by atoms with Crippen molar-refractivity contribution in [3.63, 3.8) is 0 Å². The van der Waals surface area contributed by atoms with Crippen molar-refractivity contribution in [2.45, 2.75) is 38.6 Å². The fraction of sp³-hybridized carbons (Fsp3) is 0.435. The number of hydrogen-bond donors (Lipinski definition) is 1. The molecule has 2 saturated heterocycles. The zero-order valence-corrected chi connectivity index (χ0v) is 19.8. The molecule has 188 valence electrons. The van der Waals surface area contributed by atoms with Gasteiger partial charge in [-0.1, -0.05) is 0 Å². The van der Waals surface area contributed by atoms with Gasteiger partial charge >= 0.3 is 6.09 Å². The fourth-order valence-electron chi connectivity index (χ4n) is 2.82. The molecule has 0 atom stereocenters. The molecule has 2 aromatic carbocycles. The summed E-state index contributed by atoms with van der Waals surface area (Å²) >= 11 is 0. The third-order valence-electron chi connectivity index (χ3n) is 4.63. The Hall–Kier alpha value is -2.72. The van der Waals surface area contributed by atoms with Crippen molar-refractivity contribution in [1.29, 1.82) is 0 Å². The van der Waals surface area contributed by atoms with Gasteiger partial charge in [0.2, 0.25) is 0 Å². The predicted molar refractivity (Wildman–Crippen MR) is 119 cm³/mol. The van der Waals surface area contributed by atoms with Crippen LogP contribution in [0.3, 0.4) is 0 Å². The zero-order valence-electron chi connectivity index (χ0n) is 18.9. The molecule has 0 aliphatic carbocycles. The van der Waals surface area contributed by atoms with Crippen LogP contribution in [0.4, 0.5) is 22.4 Å². The van der Waals surface area contributed by atoms with E-state index in [1.165, 1.54) is 17.0 Å². The topological polar surface area (TPSA) is 60.0 Å². The summed E-state index contributed by atoms with van der Waals surface area (Å²) in [7, 11) is 0. The Balaban J connectivity index is 0.000000253. The molecule has 0 spiro atoms. The number of nitrogens with zero attached hydrogens (tertiary/aromatic N) is 1. The van der Waals surface area contributed by atoms with Gasteiger partial charge in [-0.2, -0.15) is 0 Å². The summed E-state index contributed by atoms with van der Waals surface area (Å²) in [5.41, 5.74) is -0.539. The molecule has 0 radical (unpaired) electrons. The van der Waals surface area contributed by atoms with Gasteiger partial charge in [0.25, 0.3) is 0 Å². The molecule has 1 N–H and O–H groups in total. The molecule has 2 fully saturated rings. The van der Waals surface area contributed by atoms with Gasteiger partial charge in [-0.3, -0.25) is 0 Å². The highest BCUT2D eigenvalue weighted by atomic mass is 35.5. The number of ether oxygens (including phenoxy) is 3. The van der Waals surface area contributed by atoms with Crippen molar-refractivity contribution in [3.05, 3.63) is 59.7 Å². The second kappa shape index (κ2) is 11.6. The number of likely N-dealkylation sites (tertiary alicyclic amines) is 1. The number of rotatable bonds is 4. The molecule has 2 heterocycles. The third kappa shape index (κ3) is 7.95. The molecule has 2 aliphatic heterocycles. The van der Waals surface area contributed by atoms with E-state index < -0.39 is 35.0 Å². The lowest BCUT2D eigenvalue weighted by Crippen LogP contribution is -2.57. The van der Waals surface area contributed by atoms with Crippen molar-refractivity contribution >= 4 is 18.5 Å². The molecule has 0 bridgehead atoms. The van der Waals surface area contributed by atoms with Crippen LogP contribution in [-0.2, 0) is 4.74 Å². The highest BCUT2D eigenvalue weighted by molar-refractivity contribution is 5.85. The number of benzene rings is 2. The van der Waals surface area contributed by atoms with Gasteiger partial charge < -0.3 is 24.4 Å². The van der Waals surface area contributed by atoms with Crippen LogP contribution in [0.5, 0.6) is 11.5 Å². The van der Waals surface area contributed by atoms with E-state index in [4.69, 9.17) is 14.2 Å². The molecular weight excluding hydrogens is 480 g/mol. The standard InChI is InChI=1S/C14H17F2NO3.C9H9F2NO.ClH/c1-14(2,3)20-13(18)17-7-10(8-17)19-9-4-5-11(15)12(16)6-9;10-8-2-1-6(3-9(8)11)13-7-4-12-5-7;/h4-6,10H,7-8H2,1-3H3;1-3,7,12H,4-5H2;1H. The quantitative estimate of drug-likeness (QED) is 0.609. The maximum absolute atomic E-state index is 13.0. The summed E-state index contributed by atoms with van der Waals surface area (Å²) in [5, 5.41) is 3.01. The normalized spacial score (nSPS) is 15.7. The molecule has 0 unspecified atom stereocenters. The average molecular weight is 507 g/mol. The van der Waals surface area contributed by atoms with Crippen molar-refractivity contribution in [2.24, 2.45) is 0 Å². The van der Waals surface area contributed by atoms with E-state index in [1.54, 1.807) is 20.8 Å². The van der Waals surface area contributed by atoms with Gasteiger partial charge in [0.05, 0.1) is 13.1 Å². The molecule has 4 rings (SSSR count). The largest absolute Gasteiger partial charge is 0.488 e. The summed E-state index contributed by atoms with van der Waals surface area (Å²) < 4.78 is 66.9. The first-order valence-electron chi connectivity index (χ1n) is 10.4. The van der Waals surface area contributed by atoms with E-state index in [2.05, 4.69) is 5.32 Å². The van der Waals surface area contributed by atoms with Gasteiger partial charge in [-0.25, -0.2) is 22.4 Å². The van der Waals surface area contributed by atoms with Crippen LogP contribution >= 0.6 is 12.4 Å². The molecule has 1 amide bonds. The Labute approximate surface area is 201 Å². The average Bonchev–Trinajstić information content (AvgIpc) is 2.65. The summed E-state index contributed by atoms with van der Waals surface area (Å²) in [6.45, 7) is 7.64. The molecule has 6 nitrogen and oxygen atoms in total. The van der Waals surface area contributed by atoms with E-state index in [1.807, 2.05) is 0 Å². The van der Waals surface area contributed by atoms with E-state index in [-0.39, 0.29) is 30.4 Å². The first-order chi connectivity index (χ1) is 15.5. The van der Waals surface area contributed by atoms with Crippen molar-refractivity contribution in [2.75, 3.05) is 26.2 Å². The zero-order chi connectivity index (χ0) is 24.2. The summed E-state index contributed by atoms with van der Waals surface area (Å²) in [5.74, 6) is -2.96. The number of halogens is 5. The number of carbonyl (C=O) groups is 1. The SMILES string of the molecule is CC(C)(C)OC(=O)N1CC(Oc2ccc(F)c(F)c2)C1.Cl.Fc1ccc(OC2CNC2)cc1F. The lowest BCUT2D eigenvalue weighted by atomic mass is 10.1. The Morgan fingerprint density at radius 2 is 1.32 bits per heavy atom. The summed E-state index contributed by atoms with van der Waals surface area (Å²) in [6, 6.07) is 6.91. The molecular formula is C23H27ClF4N2O4. The third-order valence-corrected chi connectivity index (χ3v) is 4.63. The fourth-order valence-corrected chi connectivity index (χ4v) is 2.82. The second-order valence-corrected chi connectivity index (χ2v) is 8.68. The number of hydrogen-bond acceptors (Lipinski definition) is 5. The lowest BCUT2D eigenvalue weighted by molar-refractivity contribution is -0.0222. The number of nitrogens with one attached hydrogen (secondary N) is 1. The first-order valence-corrected chi connectivity index (χ1v) is 10.4. The van der Waals surface area contributed by atoms with Gasteiger partial charge in [-0.15, -0.1) is 12.4 Å². The minimum atomic E-state index is -0.953. The van der Waals surface area contributed by atoms with E-state index in [0.717, 1.165) is 37.4 Å². The number of amides is 1. The Kier molecular flexibility index (Phi) is 9.40. The van der Waals surface area contributed by atoms with E-state index in [0.29, 0.717) is 18.8 Å². The van der Waals surface area contributed by atoms with Crippen molar-refractivity contribution < 1.29 is 36.6 Å². The predicted octanol–water partition coefficient (Wildman–Crippen LogP) is 4.70. The smallest absolute Gasteiger partial charge is 0.410 e. The van der Waals surface area contributed by atoms with E-state index >= 15 is 0 Å². The molecule has 0 saturated carbocycles. The molecule has 2 aromatic rings. The van der Waals surface area contributed by atoms with Gasteiger partial charge in [-0.05, 0) is 45.0 Å². The molecule has 11 heteroatoms. The van der Waals surface area contributed by atoms with Gasteiger partial charge in [0, 0.05) is 25.2 Å². The van der Waals surface area contributed by atoms with Crippen LogP contribution in [0.15, 0.2) is 36.4 Å². The molecule has 2 aliphatic rings. The molecule has 0 aromatic heterocycles. The molecule has 34 heavy (non-hydrogen) atoms. The highest BCUT2D eigenvalue weighted by Gasteiger charge is 2.35. The van der Waals surface area contributed by atoms with Crippen LogP contribution in [0.2, 0.25) is 0 Å². The maximum atomic E-state index is 13.0. The summed E-state index contributed by atoms with van der Waals surface area (Å²) in [4.78, 5) is 13.2. The highest BCUT2D eigenvalue weighted by Crippen LogP contribution is 2.22. The van der Waals surface area contributed by atoms with Crippen LogP contribution in [-0.4, -0.2) is 55.0 Å². The van der Waals surface area contributed by atoms with Crippen LogP contribution < -0.4 is 14.8 Å². The first kappa shape index (κ1) is 27.5. The Bertz CT molecular complexity index is 980. The summed E-state index contributed by atoms with van der Waals surface area (Å²) in [6.07, 6.45) is -0.542.